The number of ether oxygens (including phenoxy) is 1. The number of aromatic nitrogens is 3. The van der Waals surface area contributed by atoms with Crippen LogP contribution >= 0.6 is 0 Å². The zero-order chi connectivity index (χ0) is 25.4. The number of H-pyrrole nitrogens is 1. The van der Waals surface area contributed by atoms with Crippen molar-refractivity contribution in [2.45, 2.75) is 31.7 Å². The lowest BCUT2D eigenvalue weighted by molar-refractivity contribution is -0.143. The average Bonchev–Trinajstić information content (AvgIpc) is 3.16. The van der Waals surface area contributed by atoms with Gasteiger partial charge in [-0.05, 0) is 60.9 Å². The number of rotatable bonds is 6. The molecule has 4 rings (SSSR count). The van der Waals surface area contributed by atoms with Gasteiger partial charge in [0.2, 0.25) is 0 Å². The monoisotopic (exact) mass is 494 g/mol. The Balaban J connectivity index is 1.47. The fourth-order valence-corrected chi connectivity index (χ4v) is 3.68. The van der Waals surface area contributed by atoms with Crippen LogP contribution in [0.15, 0.2) is 54.9 Å². The van der Waals surface area contributed by atoms with Crippen molar-refractivity contribution in [1.82, 2.24) is 15.2 Å². The summed E-state index contributed by atoms with van der Waals surface area (Å²) in [5.41, 5.74) is 6.39. The van der Waals surface area contributed by atoms with Crippen molar-refractivity contribution < 1.29 is 31.1 Å². The lowest BCUT2D eigenvalue weighted by Gasteiger charge is -2.17. The number of nitrogens with two attached hydrogens (primary N) is 1. The van der Waals surface area contributed by atoms with Crippen LogP contribution in [-0.4, -0.2) is 27.8 Å². The van der Waals surface area contributed by atoms with Crippen LogP contribution in [-0.2, 0) is 18.8 Å². The van der Waals surface area contributed by atoms with Crippen molar-refractivity contribution in [1.29, 1.82) is 0 Å². The number of aromatic amines is 1. The smallest absolute Gasteiger partial charge is 0.416 e. The number of hydrogen-bond donors (Lipinski definition) is 2. The molecular weight excluding hydrogens is 474 g/mol. The average molecular weight is 494 g/mol. The van der Waals surface area contributed by atoms with Gasteiger partial charge >= 0.3 is 12.4 Å². The molecule has 0 radical (unpaired) electrons. The number of pyridine rings is 1. The molecule has 0 spiro atoms. The summed E-state index contributed by atoms with van der Waals surface area (Å²) in [6.45, 7) is 1.77. The number of hydrogen-bond acceptors (Lipinski definition) is 4. The summed E-state index contributed by atoms with van der Waals surface area (Å²) in [5.74, 6) is 0.363. The number of nitrogens with one attached hydrogen (secondary N) is 1. The molecule has 0 amide bonds. The number of benzene rings is 2. The molecule has 2 aromatic carbocycles. The minimum atomic E-state index is -4.92. The van der Waals surface area contributed by atoms with Gasteiger partial charge in [0, 0.05) is 28.9 Å². The predicted molar refractivity (Wildman–Crippen MR) is 118 cm³/mol. The SMILES string of the molecule is Cc1[nH]nc2ccc(-c3cncc(OC[C@@H](N)Cc4cc(C(F)(F)F)cc(C(F)(F)F)c4)c3)cc12. The highest BCUT2D eigenvalue weighted by Crippen LogP contribution is 2.36. The topological polar surface area (TPSA) is 76.8 Å². The molecule has 0 aliphatic carbocycles. The van der Waals surface area contributed by atoms with E-state index in [0.717, 1.165) is 27.7 Å². The van der Waals surface area contributed by atoms with Crippen LogP contribution in [0.5, 0.6) is 5.75 Å². The van der Waals surface area contributed by atoms with Crippen molar-refractivity contribution >= 4 is 10.9 Å². The Morgan fingerprint density at radius 2 is 1.60 bits per heavy atom. The first-order chi connectivity index (χ1) is 16.4. The van der Waals surface area contributed by atoms with Gasteiger partial charge in [0.05, 0.1) is 22.8 Å². The number of halogens is 6. The fourth-order valence-electron chi connectivity index (χ4n) is 3.68. The van der Waals surface area contributed by atoms with Crippen LogP contribution in [0.4, 0.5) is 26.3 Å². The maximum Gasteiger partial charge on any atom is 0.416 e. The van der Waals surface area contributed by atoms with Crippen molar-refractivity contribution in [2.24, 2.45) is 5.73 Å². The molecule has 0 saturated carbocycles. The quantitative estimate of drug-likeness (QED) is 0.326. The Hall–Kier alpha value is -3.60. The summed E-state index contributed by atoms with van der Waals surface area (Å²) in [6, 6.07) is 7.99. The van der Waals surface area contributed by atoms with Gasteiger partial charge in [-0.2, -0.15) is 31.4 Å². The Bertz CT molecular complexity index is 1310. The highest BCUT2D eigenvalue weighted by Gasteiger charge is 2.37. The first-order valence-corrected chi connectivity index (χ1v) is 10.5. The van der Waals surface area contributed by atoms with Crippen molar-refractivity contribution in [2.75, 3.05) is 6.61 Å². The molecule has 11 heteroatoms. The van der Waals surface area contributed by atoms with Gasteiger partial charge in [0.25, 0.3) is 0 Å². The van der Waals surface area contributed by atoms with Crippen LogP contribution < -0.4 is 10.5 Å². The second kappa shape index (κ2) is 9.21. The molecule has 0 aliphatic heterocycles. The second-order valence-electron chi connectivity index (χ2n) is 8.18. The summed E-state index contributed by atoms with van der Waals surface area (Å²) in [5, 5.41) is 8.05. The third kappa shape index (κ3) is 5.73. The van der Waals surface area contributed by atoms with Crippen molar-refractivity contribution in [3.8, 4) is 16.9 Å². The van der Waals surface area contributed by atoms with Gasteiger partial charge in [-0.25, -0.2) is 0 Å². The molecule has 0 aliphatic rings. The normalized spacial score (nSPS) is 13.3. The fraction of sp³-hybridized carbons (Fsp3) is 0.250. The largest absolute Gasteiger partial charge is 0.490 e. The zero-order valence-electron chi connectivity index (χ0n) is 18.3. The van der Waals surface area contributed by atoms with Crippen LogP contribution in [0.3, 0.4) is 0 Å². The molecule has 0 unspecified atom stereocenters. The maximum absolute atomic E-state index is 13.1. The number of fused-ring (bicyclic) bond motifs is 1. The summed E-state index contributed by atoms with van der Waals surface area (Å²) in [4.78, 5) is 4.15. The van der Waals surface area contributed by atoms with Crippen molar-refractivity contribution in [3.63, 3.8) is 0 Å². The molecule has 5 nitrogen and oxygen atoms in total. The summed E-state index contributed by atoms with van der Waals surface area (Å²) < 4.78 is 84.1. The Morgan fingerprint density at radius 1 is 0.914 bits per heavy atom. The molecule has 0 bridgehead atoms. The molecule has 2 aromatic heterocycles. The van der Waals surface area contributed by atoms with Crippen molar-refractivity contribution in [3.05, 3.63) is 77.2 Å². The molecule has 184 valence electrons. The van der Waals surface area contributed by atoms with E-state index in [-0.39, 0.29) is 24.7 Å². The first-order valence-electron chi connectivity index (χ1n) is 10.5. The van der Waals surface area contributed by atoms with E-state index < -0.39 is 29.5 Å². The van der Waals surface area contributed by atoms with Crippen LogP contribution in [0.25, 0.3) is 22.0 Å². The van der Waals surface area contributed by atoms with E-state index in [2.05, 4.69) is 15.2 Å². The summed E-state index contributed by atoms with van der Waals surface area (Å²) >= 11 is 0. The van der Waals surface area contributed by atoms with E-state index in [1.165, 1.54) is 6.20 Å². The summed E-state index contributed by atoms with van der Waals surface area (Å²) in [6.07, 6.45) is -6.98. The highest BCUT2D eigenvalue weighted by atomic mass is 19.4. The van der Waals surface area contributed by atoms with Gasteiger partial charge in [0.15, 0.2) is 0 Å². The van der Waals surface area contributed by atoms with E-state index in [1.54, 1.807) is 12.3 Å². The molecule has 4 aromatic rings. The zero-order valence-corrected chi connectivity index (χ0v) is 18.3. The Kier molecular flexibility index (Phi) is 6.46. The molecule has 35 heavy (non-hydrogen) atoms. The Labute approximate surface area is 195 Å². The van der Waals surface area contributed by atoms with Gasteiger partial charge in [-0.1, -0.05) is 6.07 Å². The predicted octanol–water partition coefficient (Wildman–Crippen LogP) is 5.92. The third-order valence-corrected chi connectivity index (χ3v) is 5.40. The molecular formula is C24H20F6N4O. The number of aryl methyl sites for hydroxylation is 1. The summed E-state index contributed by atoms with van der Waals surface area (Å²) in [7, 11) is 0. The minimum Gasteiger partial charge on any atom is -0.490 e. The molecule has 1 atom stereocenters. The number of alkyl halides is 6. The standard InChI is InChI=1S/C24H20F6N4O/c1-13-21-8-15(2-3-22(21)34-33-13)16-7-20(11-32-10-16)35-12-19(31)6-14-4-17(23(25,26)27)9-18(5-14)24(28,29)30/h2-5,7-11,19H,6,12,31H2,1H3,(H,33,34)/t19-/m0/s1. The molecule has 0 saturated heterocycles. The van der Waals surface area contributed by atoms with Gasteiger partial charge < -0.3 is 10.5 Å². The van der Waals surface area contributed by atoms with E-state index in [0.29, 0.717) is 17.9 Å². The van der Waals surface area contributed by atoms with E-state index in [9.17, 15) is 26.3 Å². The number of nitrogens with zero attached hydrogens (tertiary/aromatic N) is 2. The second-order valence-corrected chi connectivity index (χ2v) is 8.18. The molecule has 0 fully saturated rings. The van der Waals surface area contributed by atoms with Crippen LogP contribution in [0, 0.1) is 6.92 Å². The van der Waals surface area contributed by atoms with Gasteiger partial charge in [0.1, 0.15) is 12.4 Å². The highest BCUT2D eigenvalue weighted by molar-refractivity contribution is 5.86. The van der Waals surface area contributed by atoms with Gasteiger partial charge in [-0.3, -0.25) is 10.1 Å². The lowest BCUT2D eigenvalue weighted by atomic mass is 10.00. The Morgan fingerprint density at radius 3 is 2.26 bits per heavy atom. The maximum atomic E-state index is 13.1. The molecule has 2 heterocycles. The van der Waals surface area contributed by atoms with Gasteiger partial charge in [-0.15, -0.1) is 0 Å². The first kappa shape index (κ1) is 24.5. The van der Waals surface area contributed by atoms with Crippen LogP contribution in [0.2, 0.25) is 0 Å². The minimum absolute atomic E-state index is 0.0884. The molecule has 3 N–H and O–H groups in total. The van der Waals surface area contributed by atoms with E-state index >= 15 is 0 Å². The third-order valence-electron chi connectivity index (χ3n) is 5.40. The van der Waals surface area contributed by atoms with E-state index in [1.807, 2.05) is 25.1 Å². The van der Waals surface area contributed by atoms with E-state index in [4.69, 9.17) is 10.5 Å². The lowest BCUT2D eigenvalue weighted by Crippen LogP contribution is -2.30. The van der Waals surface area contributed by atoms with Crippen LogP contribution in [0.1, 0.15) is 22.4 Å².